The largest absolute Gasteiger partial charge is 0.497 e. The maximum absolute atomic E-state index is 12.5. The van der Waals surface area contributed by atoms with Crippen molar-refractivity contribution >= 4 is 38.3 Å². The van der Waals surface area contributed by atoms with E-state index in [2.05, 4.69) is 15.5 Å². The Morgan fingerprint density at radius 1 is 1.06 bits per heavy atom. The maximum atomic E-state index is 12.5. The van der Waals surface area contributed by atoms with Crippen molar-refractivity contribution < 1.29 is 32.2 Å². The van der Waals surface area contributed by atoms with Gasteiger partial charge in [-0.15, -0.1) is 10.2 Å². The number of rotatable bonds is 11. The van der Waals surface area contributed by atoms with Gasteiger partial charge in [-0.3, -0.25) is 10.1 Å². The summed E-state index contributed by atoms with van der Waals surface area (Å²) in [5.74, 6) is 1.42. The van der Waals surface area contributed by atoms with Crippen molar-refractivity contribution in [2.45, 2.75) is 4.34 Å². The first-order chi connectivity index (χ1) is 17.2. The van der Waals surface area contributed by atoms with Gasteiger partial charge in [0.05, 0.1) is 14.2 Å². The van der Waals surface area contributed by atoms with E-state index in [0.717, 1.165) is 6.26 Å². The van der Waals surface area contributed by atoms with Gasteiger partial charge in [-0.2, -0.15) is 5.26 Å². The lowest BCUT2D eigenvalue weighted by atomic mass is 10.1. The summed E-state index contributed by atoms with van der Waals surface area (Å²) >= 11 is 0.688. The van der Waals surface area contributed by atoms with E-state index in [0.29, 0.717) is 39.9 Å². The average molecular weight is 531 g/mol. The number of nitrogens with zero attached hydrogens (tertiary/aromatic N) is 3. The molecular weight excluding hydrogens is 508 g/mol. The van der Waals surface area contributed by atoms with Crippen molar-refractivity contribution in [1.29, 1.82) is 5.26 Å². The van der Waals surface area contributed by atoms with Gasteiger partial charge in [0.1, 0.15) is 36.4 Å². The van der Waals surface area contributed by atoms with Crippen LogP contribution in [0.25, 0.3) is 6.08 Å². The Balaban J connectivity index is 1.63. The van der Waals surface area contributed by atoms with Crippen LogP contribution in [0.2, 0.25) is 0 Å². The van der Waals surface area contributed by atoms with Crippen LogP contribution in [0.5, 0.6) is 23.0 Å². The van der Waals surface area contributed by atoms with Gasteiger partial charge >= 0.3 is 0 Å². The zero-order valence-corrected chi connectivity index (χ0v) is 21.2. The second-order valence-corrected chi connectivity index (χ2v) is 10.2. The number of hydrogen-bond donors (Lipinski definition) is 1. The lowest BCUT2D eigenvalue weighted by Gasteiger charge is -2.12. The smallest absolute Gasteiger partial charge is 0.268 e. The number of aromatic nitrogens is 2. The molecule has 13 heteroatoms. The van der Waals surface area contributed by atoms with Gasteiger partial charge in [0.15, 0.2) is 11.5 Å². The molecule has 0 atom stereocenters. The van der Waals surface area contributed by atoms with Crippen LogP contribution in [0, 0.1) is 11.3 Å². The van der Waals surface area contributed by atoms with E-state index < -0.39 is 15.7 Å². The standard InChI is InChI=1S/C23H22N4O7S2/c1-31-17-5-4-6-18(13-17)33-9-10-34-19-8-7-15(12-20(19)32-2)11-16(14-24)21(28)25-22-26-27-23(35-22)36(3,29)30/h4-8,11-13H,9-10H2,1-3H3,(H,25,26,28)/b16-11-. The third-order valence-corrected chi connectivity index (χ3v) is 6.97. The number of methoxy groups -OCH3 is 2. The highest BCUT2D eigenvalue weighted by atomic mass is 32.2. The van der Waals surface area contributed by atoms with Gasteiger partial charge in [-0.1, -0.05) is 23.5 Å². The first-order valence-corrected chi connectivity index (χ1v) is 13.0. The molecule has 188 valence electrons. The van der Waals surface area contributed by atoms with E-state index in [1.165, 1.54) is 13.2 Å². The summed E-state index contributed by atoms with van der Waals surface area (Å²) in [7, 11) is -0.509. The van der Waals surface area contributed by atoms with Crippen molar-refractivity contribution in [3.63, 3.8) is 0 Å². The first kappa shape index (κ1) is 26.5. The Bertz CT molecular complexity index is 1410. The maximum Gasteiger partial charge on any atom is 0.268 e. The summed E-state index contributed by atoms with van der Waals surface area (Å²) < 4.78 is 44.7. The highest BCUT2D eigenvalue weighted by Crippen LogP contribution is 2.29. The fraction of sp³-hybridized carbons (Fsp3) is 0.217. The van der Waals surface area contributed by atoms with Gasteiger partial charge in [-0.05, 0) is 35.9 Å². The zero-order chi connectivity index (χ0) is 26.1. The van der Waals surface area contributed by atoms with Crippen molar-refractivity contribution in [3.8, 4) is 29.1 Å². The number of hydrogen-bond acceptors (Lipinski definition) is 11. The van der Waals surface area contributed by atoms with E-state index in [-0.39, 0.29) is 28.3 Å². The van der Waals surface area contributed by atoms with Gasteiger partial charge in [-0.25, -0.2) is 8.42 Å². The number of carbonyl (C=O) groups excluding carboxylic acids is 1. The fourth-order valence-corrected chi connectivity index (χ4v) is 4.29. The number of anilines is 1. The van der Waals surface area contributed by atoms with Crippen LogP contribution in [0.4, 0.5) is 5.13 Å². The summed E-state index contributed by atoms with van der Waals surface area (Å²) in [6.45, 7) is 0.523. The molecule has 0 saturated carbocycles. The second kappa shape index (κ2) is 12.0. The quantitative estimate of drug-likeness (QED) is 0.170. The number of nitrogens with one attached hydrogen (secondary N) is 1. The molecule has 1 N–H and O–H groups in total. The van der Waals surface area contributed by atoms with E-state index in [1.54, 1.807) is 31.4 Å². The number of sulfone groups is 1. The molecule has 11 nitrogen and oxygen atoms in total. The minimum atomic E-state index is -3.55. The molecule has 0 aliphatic carbocycles. The lowest BCUT2D eigenvalue weighted by molar-refractivity contribution is -0.112. The molecular formula is C23H22N4O7S2. The van der Waals surface area contributed by atoms with Crippen LogP contribution in [-0.4, -0.2) is 58.2 Å². The van der Waals surface area contributed by atoms with Crippen molar-refractivity contribution in [3.05, 3.63) is 53.6 Å². The number of ether oxygens (including phenoxy) is 4. The fourth-order valence-electron chi connectivity index (χ4n) is 2.79. The topological polar surface area (TPSA) is 150 Å². The molecule has 0 bridgehead atoms. The number of nitriles is 1. The number of amides is 1. The van der Waals surface area contributed by atoms with Gasteiger partial charge in [0.2, 0.25) is 19.3 Å². The predicted octanol–water partition coefficient (Wildman–Crippen LogP) is 2.96. The monoisotopic (exact) mass is 530 g/mol. The molecule has 0 aliphatic heterocycles. The molecule has 36 heavy (non-hydrogen) atoms. The Kier molecular flexibility index (Phi) is 8.82. The summed E-state index contributed by atoms with van der Waals surface area (Å²) in [6.07, 6.45) is 2.33. The van der Waals surface area contributed by atoms with Crippen molar-refractivity contribution in [2.24, 2.45) is 0 Å². The van der Waals surface area contributed by atoms with Crippen LogP contribution in [0.15, 0.2) is 52.4 Å². The van der Waals surface area contributed by atoms with E-state index >= 15 is 0 Å². The number of carbonyl (C=O) groups is 1. The molecule has 1 amide bonds. The minimum Gasteiger partial charge on any atom is -0.497 e. The van der Waals surface area contributed by atoms with E-state index in [9.17, 15) is 18.5 Å². The summed E-state index contributed by atoms with van der Waals surface area (Å²) in [5.41, 5.74) is 0.279. The van der Waals surface area contributed by atoms with Gasteiger partial charge in [0, 0.05) is 12.3 Å². The molecule has 3 aromatic rings. The van der Waals surface area contributed by atoms with Gasteiger partial charge in [0.25, 0.3) is 5.91 Å². The molecule has 0 spiro atoms. The molecule has 1 heterocycles. The third-order valence-electron chi connectivity index (χ3n) is 4.46. The normalized spacial score (nSPS) is 11.3. The summed E-state index contributed by atoms with van der Waals surface area (Å²) in [6, 6.07) is 13.9. The zero-order valence-electron chi connectivity index (χ0n) is 19.5. The van der Waals surface area contributed by atoms with Crippen LogP contribution in [0.3, 0.4) is 0 Å². The molecule has 3 rings (SSSR count). The molecule has 0 unspecified atom stereocenters. The Morgan fingerprint density at radius 3 is 2.47 bits per heavy atom. The summed E-state index contributed by atoms with van der Waals surface area (Å²) in [4.78, 5) is 12.5. The Morgan fingerprint density at radius 2 is 1.81 bits per heavy atom. The SMILES string of the molecule is COc1cccc(OCCOc2ccc(/C=C(/C#N)C(=O)Nc3nnc(S(C)(=O)=O)s3)cc2OC)c1. The molecule has 2 aromatic carbocycles. The lowest BCUT2D eigenvalue weighted by Crippen LogP contribution is -2.13. The Hall–Kier alpha value is -4.15. The predicted molar refractivity (Wildman–Crippen MR) is 132 cm³/mol. The van der Waals surface area contributed by atoms with Crippen LogP contribution >= 0.6 is 11.3 Å². The molecule has 0 radical (unpaired) electrons. The average Bonchev–Trinajstić information content (AvgIpc) is 3.34. The minimum absolute atomic E-state index is 0.0425. The molecule has 0 aliphatic rings. The first-order valence-electron chi connectivity index (χ1n) is 10.3. The van der Waals surface area contributed by atoms with Gasteiger partial charge < -0.3 is 18.9 Å². The summed E-state index contributed by atoms with van der Waals surface area (Å²) in [5, 5.41) is 18.9. The van der Waals surface area contributed by atoms with Crippen LogP contribution in [0.1, 0.15) is 5.56 Å². The second-order valence-electron chi connectivity index (χ2n) is 7.06. The van der Waals surface area contributed by atoms with Crippen LogP contribution < -0.4 is 24.3 Å². The highest BCUT2D eigenvalue weighted by molar-refractivity contribution is 7.92. The number of benzene rings is 2. The molecule has 0 fully saturated rings. The van der Waals surface area contributed by atoms with Crippen molar-refractivity contribution in [2.75, 3.05) is 39.0 Å². The van der Waals surface area contributed by atoms with E-state index in [1.807, 2.05) is 24.3 Å². The molecule has 1 aromatic heterocycles. The highest BCUT2D eigenvalue weighted by Gasteiger charge is 2.17. The van der Waals surface area contributed by atoms with E-state index in [4.69, 9.17) is 18.9 Å². The molecule has 0 saturated heterocycles. The Labute approximate surface area is 211 Å². The van der Waals surface area contributed by atoms with Crippen LogP contribution in [-0.2, 0) is 14.6 Å². The van der Waals surface area contributed by atoms with Crippen molar-refractivity contribution in [1.82, 2.24) is 10.2 Å². The third kappa shape index (κ3) is 7.17.